The van der Waals surface area contributed by atoms with Gasteiger partial charge in [0.15, 0.2) is 6.61 Å². The lowest BCUT2D eigenvalue weighted by molar-refractivity contribution is -0.144. The summed E-state index contributed by atoms with van der Waals surface area (Å²) in [6.45, 7) is 3.56. The van der Waals surface area contributed by atoms with Crippen molar-refractivity contribution in [1.82, 2.24) is 5.32 Å². The lowest BCUT2D eigenvalue weighted by Gasteiger charge is -2.13. The van der Waals surface area contributed by atoms with Gasteiger partial charge in [0.25, 0.3) is 5.91 Å². The van der Waals surface area contributed by atoms with Gasteiger partial charge in [0.2, 0.25) is 0 Å². The predicted molar refractivity (Wildman–Crippen MR) is 94.2 cm³/mol. The molecule has 0 radical (unpaired) electrons. The summed E-state index contributed by atoms with van der Waals surface area (Å²) >= 11 is 0. The lowest BCUT2D eigenvalue weighted by atomic mass is 10.1. The molecule has 124 valence electrons. The van der Waals surface area contributed by atoms with Crippen LogP contribution >= 0.6 is 0 Å². The van der Waals surface area contributed by atoms with Gasteiger partial charge >= 0.3 is 5.97 Å². The second-order valence-electron chi connectivity index (χ2n) is 5.56. The third-order valence-electron chi connectivity index (χ3n) is 3.48. The van der Waals surface area contributed by atoms with Gasteiger partial charge in [-0.3, -0.25) is 4.79 Å². The highest BCUT2D eigenvalue weighted by Crippen LogP contribution is 2.10. The molecular formula is C20H21NO3. The number of hydrogen-bond donors (Lipinski definition) is 1. The average molecular weight is 323 g/mol. The molecular weight excluding hydrogens is 302 g/mol. The summed E-state index contributed by atoms with van der Waals surface area (Å²) < 4.78 is 4.95. The van der Waals surface area contributed by atoms with Gasteiger partial charge in [0, 0.05) is 6.08 Å². The number of benzene rings is 2. The maximum absolute atomic E-state index is 11.8. The van der Waals surface area contributed by atoms with E-state index in [0.717, 1.165) is 16.7 Å². The first-order chi connectivity index (χ1) is 11.5. The number of nitrogens with one attached hydrogen (secondary N) is 1. The molecule has 0 aromatic heterocycles. The number of ether oxygens (including phenoxy) is 1. The van der Waals surface area contributed by atoms with E-state index < -0.39 is 5.97 Å². The highest BCUT2D eigenvalue weighted by Gasteiger charge is 2.10. The number of carbonyl (C=O) groups excluding carboxylic acids is 2. The van der Waals surface area contributed by atoms with E-state index >= 15 is 0 Å². The molecule has 0 aliphatic rings. The number of rotatable bonds is 6. The summed E-state index contributed by atoms with van der Waals surface area (Å²) in [5.74, 6) is -0.873. The minimum absolute atomic E-state index is 0.139. The SMILES string of the molecule is Cc1cccc(/C=C/C(=O)OCC(=O)N[C@@H](C)c2ccccc2)c1. The smallest absolute Gasteiger partial charge is 0.331 e. The summed E-state index contributed by atoms with van der Waals surface area (Å²) in [7, 11) is 0. The summed E-state index contributed by atoms with van der Waals surface area (Å²) in [6, 6.07) is 17.2. The van der Waals surface area contributed by atoms with E-state index in [2.05, 4.69) is 5.32 Å². The Morgan fingerprint density at radius 1 is 1.12 bits per heavy atom. The van der Waals surface area contributed by atoms with Crippen LogP contribution in [0.1, 0.15) is 29.7 Å². The van der Waals surface area contributed by atoms with Crippen LogP contribution in [0.4, 0.5) is 0 Å². The minimum atomic E-state index is -0.543. The fraction of sp³-hybridized carbons (Fsp3) is 0.200. The van der Waals surface area contributed by atoms with Crippen LogP contribution in [0.5, 0.6) is 0 Å². The van der Waals surface area contributed by atoms with E-state index in [1.54, 1.807) is 6.08 Å². The average Bonchev–Trinajstić information content (AvgIpc) is 2.59. The zero-order valence-corrected chi connectivity index (χ0v) is 13.9. The van der Waals surface area contributed by atoms with Crippen molar-refractivity contribution in [2.24, 2.45) is 0 Å². The van der Waals surface area contributed by atoms with Crippen molar-refractivity contribution in [3.63, 3.8) is 0 Å². The van der Waals surface area contributed by atoms with Crippen molar-refractivity contribution in [2.45, 2.75) is 19.9 Å². The van der Waals surface area contributed by atoms with Gasteiger partial charge in [0.05, 0.1) is 6.04 Å². The van der Waals surface area contributed by atoms with Crippen LogP contribution in [0.25, 0.3) is 6.08 Å². The molecule has 1 amide bonds. The molecule has 4 nitrogen and oxygen atoms in total. The zero-order valence-electron chi connectivity index (χ0n) is 13.9. The van der Waals surface area contributed by atoms with E-state index in [1.165, 1.54) is 6.08 Å². The minimum Gasteiger partial charge on any atom is -0.452 e. The maximum Gasteiger partial charge on any atom is 0.331 e. The van der Waals surface area contributed by atoms with Crippen LogP contribution < -0.4 is 5.32 Å². The Morgan fingerprint density at radius 2 is 1.88 bits per heavy atom. The van der Waals surface area contributed by atoms with Crippen molar-refractivity contribution >= 4 is 18.0 Å². The van der Waals surface area contributed by atoms with E-state index in [9.17, 15) is 9.59 Å². The lowest BCUT2D eigenvalue weighted by Crippen LogP contribution is -2.30. The quantitative estimate of drug-likeness (QED) is 0.654. The molecule has 0 aliphatic heterocycles. The second-order valence-corrected chi connectivity index (χ2v) is 5.56. The third kappa shape index (κ3) is 5.72. The van der Waals surface area contributed by atoms with Crippen LogP contribution in [0.2, 0.25) is 0 Å². The Kier molecular flexibility index (Phi) is 6.32. The standard InChI is InChI=1S/C20H21NO3/c1-15-7-6-8-17(13-15)11-12-20(23)24-14-19(22)21-16(2)18-9-4-3-5-10-18/h3-13,16H,14H2,1-2H3,(H,21,22)/b12-11+/t16-/m0/s1. The molecule has 0 saturated carbocycles. The topological polar surface area (TPSA) is 55.4 Å². The Balaban J connectivity index is 1.78. The van der Waals surface area contributed by atoms with Crippen molar-refractivity contribution in [2.75, 3.05) is 6.61 Å². The summed E-state index contributed by atoms with van der Waals surface area (Å²) in [5.41, 5.74) is 3.02. The molecule has 0 heterocycles. The number of carbonyl (C=O) groups is 2. The van der Waals surface area contributed by atoms with Crippen molar-refractivity contribution in [3.05, 3.63) is 77.4 Å². The molecule has 0 spiro atoms. The first kappa shape index (κ1) is 17.5. The van der Waals surface area contributed by atoms with E-state index in [0.29, 0.717) is 0 Å². The van der Waals surface area contributed by atoms with Crippen molar-refractivity contribution in [1.29, 1.82) is 0 Å². The Labute approximate surface area is 142 Å². The number of hydrogen-bond acceptors (Lipinski definition) is 3. The summed E-state index contributed by atoms with van der Waals surface area (Å²) in [6.07, 6.45) is 2.99. The van der Waals surface area contributed by atoms with Gasteiger partial charge in [-0.2, -0.15) is 0 Å². The van der Waals surface area contributed by atoms with Gasteiger partial charge < -0.3 is 10.1 Å². The molecule has 0 unspecified atom stereocenters. The van der Waals surface area contributed by atoms with Crippen LogP contribution in [0.3, 0.4) is 0 Å². The summed E-state index contributed by atoms with van der Waals surface area (Å²) in [5, 5.41) is 2.79. The molecule has 0 fully saturated rings. The molecule has 0 bridgehead atoms. The first-order valence-electron chi connectivity index (χ1n) is 7.80. The molecule has 4 heteroatoms. The fourth-order valence-corrected chi connectivity index (χ4v) is 2.23. The van der Waals surface area contributed by atoms with Crippen LogP contribution in [-0.4, -0.2) is 18.5 Å². The molecule has 2 aromatic rings. The largest absolute Gasteiger partial charge is 0.452 e. The second kappa shape index (κ2) is 8.67. The molecule has 2 rings (SSSR count). The van der Waals surface area contributed by atoms with E-state index in [1.807, 2.05) is 68.4 Å². The predicted octanol–water partition coefficient (Wildman–Crippen LogP) is 3.43. The molecule has 24 heavy (non-hydrogen) atoms. The van der Waals surface area contributed by atoms with Gasteiger partial charge in [-0.1, -0.05) is 60.2 Å². The van der Waals surface area contributed by atoms with Gasteiger partial charge in [-0.05, 0) is 31.1 Å². The Bertz CT molecular complexity index is 723. The van der Waals surface area contributed by atoms with E-state index in [-0.39, 0.29) is 18.6 Å². The molecule has 1 atom stereocenters. The van der Waals surface area contributed by atoms with Crippen LogP contribution in [0, 0.1) is 6.92 Å². The van der Waals surface area contributed by atoms with E-state index in [4.69, 9.17) is 4.74 Å². The fourth-order valence-electron chi connectivity index (χ4n) is 2.23. The molecule has 2 aromatic carbocycles. The third-order valence-corrected chi connectivity index (χ3v) is 3.48. The molecule has 0 aliphatic carbocycles. The molecule has 0 saturated heterocycles. The Hall–Kier alpha value is -2.88. The van der Waals surface area contributed by atoms with Crippen LogP contribution in [-0.2, 0) is 14.3 Å². The van der Waals surface area contributed by atoms with Gasteiger partial charge in [-0.25, -0.2) is 4.79 Å². The Morgan fingerprint density at radius 3 is 2.58 bits per heavy atom. The summed E-state index contributed by atoms with van der Waals surface area (Å²) in [4.78, 5) is 23.5. The maximum atomic E-state index is 11.8. The number of aryl methyl sites for hydroxylation is 1. The number of amides is 1. The highest BCUT2D eigenvalue weighted by atomic mass is 16.5. The monoisotopic (exact) mass is 323 g/mol. The van der Waals surface area contributed by atoms with Gasteiger partial charge in [-0.15, -0.1) is 0 Å². The van der Waals surface area contributed by atoms with Crippen molar-refractivity contribution < 1.29 is 14.3 Å². The molecule has 1 N–H and O–H groups in total. The zero-order chi connectivity index (χ0) is 17.4. The van der Waals surface area contributed by atoms with Crippen LogP contribution in [0.15, 0.2) is 60.7 Å². The van der Waals surface area contributed by atoms with Crippen molar-refractivity contribution in [3.8, 4) is 0 Å². The highest BCUT2D eigenvalue weighted by molar-refractivity contribution is 5.89. The first-order valence-corrected chi connectivity index (χ1v) is 7.80. The van der Waals surface area contributed by atoms with Gasteiger partial charge in [0.1, 0.15) is 0 Å². The normalized spacial score (nSPS) is 11.9. The number of esters is 1.